The monoisotopic (exact) mass is 215 g/mol. The third kappa shape index (κ3) is 1.17. The molecule has 0 saturated heterocycles. The van der Waals surface area contributed by atoms with Crippen LogP contribution in [0.1, 0.15) is 0 Å². The molecule has 0 fully saturated rings. The number of rotatable bonds is 2. The second-order valence-corrected chi connectivity index (χ2v) is 3.31. The van der Waals surface area contributed by atoms with Gasteiger partial charge in [-0.1, -0.05) is 6.07 Å². The molecule has 0 atom stereocenters. The highest BCUT2D eigenvalue weighted by Gasteiger charge is 2.12. The maximum atomic E-state index is 9.17. The number of hydrogen-bond acceptors (Lipinski definition) is 4. The highest BCUT2D eigenvalue weighted by molar-refractivity contribution is 5.78. The second kappa shape index (κ2) is 3.35. The van der Waals surface area contributed by atoms with E-state index in [0.717, 1.165) is 5.52 Å². The second-order valence-electron chi connectivity index (χ2n) is 3.31. The summed E-state index contributed by atoms with van der Waals surface area (Å²) >= 11 is 0. The van der Waals surface area contributed by atoms with E-state index in [2.05, 4.69) is 15.6 Å². The molecule has 2 N–H and O–H groups in total. The molecule has 6 nitrogen and oxygen atoms in total. The van der Waals surface area contributed by atoms with Gasteiger partial charge in [-0.3, -0.25) is 15.3 Å². The third-order valence-electron chi connectivity index (χ3n) is 2.38. The average Bonchev–Trinajstić information content (AvgIpc) is 2.95. The number of aromatic nitrogens is 4. The van der Waals surface area contributed by atoms with E-state index in [1.165, 1.54) is 0 Å². The molecule has 0 aliphatic rings. The molecule has 3 aromatic rings. The molecule has 0 amide bonds. The van der Waals surface area contributed by atoms with E-state index in [4.69, 9.17) is 5.21 Å². The molecule has 0 aliphatic carbocycles. The van der Waals surface area contributed by atoms with Crippen LogP contribution >= 0.6 is 0 Å². The van der Waals surface area contributed by atoms with Crippen molar-refractivity contribution in [2.75, 3.05) is 5.48 Å². The molecule has 0 aliphatic heterocycles. The Kier molecular flexibility index (Phi) is 1.87. The molecular weight excluding hydrogens is 206 g/mol. The Hall–Kier alpha value is -2.34. The van der Waals surface area contributed by atoms with Crippen molar-refractivity contribution < 1.29 is 5.21 Å². The number of anilines is 1. The first kappa shape index (κ1) is 8.93. The van der Waals surface area contributed by atoms with Crippen molar-refractivity contribution in [3.63, 3.8) is 0 Å². The Morgan fingerprint density at radius 3 is 2.94 bits per heavy atom. The van der Waals surface area contributed by atoms with Crippen LogP contribution in [0.5, 0.6) is 0 Å². The van der Waals surface area contributed by atoms with E-state index >= 15 is 0 Å². The fourth-order valence-corrected chi connectivity index (χ4v) is 1.66. The summed E-state index contributed by atoms with van der Waals surface area (Å²) in [6, 6.07) is 5.63. The number of nitrogens with one attached hydrogen (secondary N) is 1. The van der Waals surface area contributed by atoms with Gasteiger partial charge in [0, 0.05) is 18.6 Å². The fourth-order valence-electron chi connectivity index (χ4n) is 1.66. The number of nitrogens with zero attached hydrogens (tertiary/aromatic N) is 4. The lowest BCUT2D eigenvalue weighted by Gasteiger charge is -1.99. The Labute approximate surface area is 90.7 Å². The largest absolute Gasteiger partial charge is 0.291 e. The first-order valence-electron chi connectivity index (χ1n) is 4.76. The molecule has 0 spiro atoms. The first-order valence-corrected chi connectivity index (χ1v) is 4.76. The summed E-state index contributed by atoms with van der Waals surface area (Å²) in [4.78, 5) is 3.95. The molecule has 0 bridgehead atoms. The Bertz CT molecular complexity index is 613. The fraction of sp³-hybridized carbons (Fsp3) is 0. The number of pyridine rings is 1. The van der Waals surface area contributed by atoms with Gasteiger partial charge in [-0.25, -0.2) is 9.50 Å². The van der Waals surface area contributed by atoms with Gasteiger partial charge in [0.1, 0.15) is 12.0 Å². The molecule has 0 saturated carbocycles. The molecule has 16 heavy (non-hydrogen) atoms. The van der Waals surface area contributed by atoms with Crippen molar-refractivity contribution in [3.05, 3.63) is 43.1 Å². The predicted molar refractivity (Wildman–Crippen MR) is 57.7 cm³/mol. The van der Waals surface area contributed by atoms with Gasteiger partial charge in [0.2, 0.25) is 0 Å². The van der Waals surface area contributed by atoms with E-state index < -0.39 is 0 Å². The summed E-state index contributed by atoms with van der Waals surface area (Å²) < 4.78 is 3.42. The summed E-state index contributed by atoms with van der Waals surface area (Å²) in [5.74, 6) is 0.603. The van der Waals surface area contributed by atoms with Gasteiger partial charge in [-0.15, -0.1) is 5.10 Å². The molecule has 3 rings (SSSR count). The minimum absolute atomic E-state index is 0.554. The molecule has 0 aromatic carbocycles. The number of imidazole rings is 1. The van der Waals surface area contributed by atoms with E-state index in [9.17, 15) is 0 Å². The summed E-state index contributed by atoms with van der Waals surface area (Å²) in [6.45, 7) is 0. The van der Waals surface area contributed by atoms with Gasteiger partial charge < -0.3 is 0 Å². The molecule has 3 heterocycles. The van der Waals surface area contributed by atoms with Crippen LogP contribution in [0.15, 0.2) is 43.1 Å². The Balaban J connectivity index is 2.32. The quantitative estimate of drug-likeness (QED) is 0.633. The zero-order chi connectivity index (χ0) is 11.0. The lowest BCUT2D eigenvalue weighted by molar-refractivity contribution is 0.389. The summed E-state index contributed by atoms with van der Waals surface area (Å²) in [7, 11) is 0. The Morgan fingerprint density at radius 2 is 2.19 bits per heavy atom. The van der Waals surface area contributed by atoms with Crippen LogP contribution in [-0.2, 0) is 0 Å². The maximum absolute atomic E-state index is 9.17. The molecule has 0 radical (unpaired) electrons. The third-order valence-corrected chi connectivity index (χ3v) is 2.38. The molecular formula is C10H9N5O. The van der Waals surface area contributed by atoms with Crippen LogP contribution in [0.25, 0.3) is 11.3 Å². The van der Waals surface area contributed by atoms with Crippen molar-refractivity contribution in [1.82, 2.24) is 19.2 Å². The van der Waals surface area contributed by atoms with E-state index in [0.29, 0.717) is 11.5 Å². The molecule has 3 aromatic heterocycles. The van der Waals surface area contributed by atoms with Gasteiger partial charge >= 0.3 is 0 Å². The topological polar surface area (TPSA) is 67.4 Å². The highest BCUT2D eigenvalue weighted by Crippen LogP contribution is 2.24. The summed E-state index contributed by atoms with van der Waals surface area (Å²) in [5, 5.41) is 13.5. The predicted octanol–water partition coefficient (Wildman–Crippen LogP) is 1.32. The van der Waals surface area contributed by atoms with Crippen LogP contribution in [-0.4, -0.2) is 24.4 Å². The highest BCUT2D eigenvalue weighted by atomic mass is 16.5. The van der Waals surface area contributed by atoms with E-state index in [1.807, 2.05) is 24.4 Å². The van der Waals surface area contributed by atoms with Gasteiger partial charge in [0.15, 0.2) is 5.82 Å². The van der Waals surface area contributed by atoms with Crippen LogP contribution < -0.4 is 5.48 Å². The van der Waals surface area contributed by atoms with Crippen molar-refractivity contribution in [2.24, 2.45) is 0 Å². The maximum Gasteiger partial charge on any atom is 0.186 e. The number of hydrogen-bond donors (Lipinski definition) is 2. The van der Waals surface area contributed by atoms with Crippen LogP contribution in [0, 0.1) is 0 Å². The first-order chi connectivity index (χ1) is 7.90. The average molecular weight is 215 g/mol. The van der Waals surface area contributed by atoms with Gasteiger partial charge in [-0.05, 0) is 12.1 Å². The zero-order valence-corrected chi connectivity index (χ0v) is 8.28. The zero-order valence-electron chi connectivity index (χ0n) is 8.28. The summed E-state index contributed by atoms with van der Waals surface area (Å²) in [6.07, 6.45) is 6.87. The lowest BCUT2D eigenvalue weighted by atomic mass is 10.3. The van der Waals surface area contributed by atoms with Crippen molar-refractivity contribution >= 4 is 11.2 Å². The van der Waals surface area contributed by atoms with Crippen LogP contribution in [0.2, 0.25) is 0 Å². The van der Waals surface area contributed by atoms with Gasteiger partial charge in [-0.2, -0.15) is 0 Å². The minimum atomic E-state index is 0.554. The van der Waals surface area contributed by atoms with Crippen LogP contribution in [0.3, 0.4) is 0 Å². The van der Waals surface area contributed by atoms with E-state index in [-0.39, 0.29) is 0 Å². The molecule has 80 valence electrons. The van der Waals surface area contributed by atoms with E-state index in [1.54, 1.807) is 27.8 Å². The van der Waals surface area contributed by atoms with Crippen molar-refractivity contribution in [3.8, 4) is 5.82 Å². The normalized spacial score (nSPS) is 10.8. The molecule has 6 heteroatoms. The van der Waals surface area contributed by atoms with Crippen molar-refractivity contribution in [2.45, 2.75) is 0 Å². The van der Waals surface area contributed by atoms with Crippen molar-refractivity contribution in [1.29, 1.82) is 0 Å². The molecule has 0 unspecified atom stereocenters. The Morgan fingerprint density at radius 1 is 1.25 bits per heavy atom. The van der Waals surface area contributed by atoms with Crippen LogP contribution in [0.4, 0.5) is 5.69 Å². The van der Waals surface area contributed by atoms with Gasteiger partial charge in [0.05, 0.1) is 5.52 Å². The minimum Gasteiger partial charge on any atom is -0.291 e. The summed E-state index contributed by atoms with van der Waals surface area (Å²) in [5.41, 5.74) is 3.53. The number of fused-ring (bicyclic) bond motifs is 1. The smallest absolute Gasteiger partial charge is 0.186 e. The lowest BCUT2D eigenvalue weighted by Crippen LogP contribution is -1.97. The van der Waals surface area contributed by atoms with Gasteiger partial charge in [0.25, 0.3) is 0 Å². The SMILES string of the molecule is ONc1c(-n2ccnc2)nn2ccccc12. The standard InChI is InChI=1S/C10H9N5O/c16-13-9-8-3-1-2-5-15(8)12-10(9)14-6-4-11-7-14/h1-7,13,16H.